The molecule has 1 aromatic heterocycles. The molecule has 0 saturated heterocycles. The Morgan fingerprint density at radius 2 is 2.08 bits per heavy atom. The SMILES string of the molecule is FC(F)(F)CNCc1ccc(Br)s1. The van der Waals surface area contributed by atoms with Crippen LogP contribution in [0.25, 0.3) is 0 Å². The topological polar surface area (TPSA) is 12.0 Å². The predicted molar refractivity (Wildman–Crippen MR) is 49.8 cm³/mol. The minimum absolute atomic E-state index is 0.260. The van der Waals surface area contributed by atoms with Crippen molar-refractivity contribution in [3.63, 3.8) is 0 Å². The number of halogens is 4. The van der Waals surface area contributed by atoms with Crippen molar-refractivity contribution in [2.75, 3.05) is 6.54 Å². The first-order chi connectivity index (χ1) is 5.97. The lowest BCUT2D eigenvalue weighted by atomic mass is 10.4. The molecule has 0 bridgehead atoms. The van der Waals surface area contributed by atoms with Crippen molar-refractivity contribution in [3.8, 4) is 0 Å². The fourth-order valence-corrected chi connectivity index (χ4v) is 2.23. The van der Waals surface area contributed by atoms with Crippen molar-refractivity contribution in [2.24, 2.45) is 0 Å². The maximum atomic E-state index is 11.7. The zero-order valence-electron chi connectivity index (χ0n) is 6.49. The highest BCUT2D eigenvalue weighted by Crippen LogP contribution is 2.22. The number of hydrogen-bond donors (Lipinski definition) is 1. The zero-order chi connectivity index (χ0) is 9.90. The molecule has 0 amide bonds. The van der Waals surface area contributed by atoms with E-state index in [1.165, 1.54) is 11.3 Å². The summed E-state index contributed by atoms with van der Waals surface area (Å²) in [5.74, 6) is 0. The number of thiophene rings is 1. The maximum Gasteiger partial charge on any atom is 0.401 e. The number of alkyl halides is 3. The summed E-state index contributed by atoms with van der Waals surface area (Å²) in [4.78, 5) is 0.885. The fraction of sp³-hybridized carbons (Fsp3) is 0.429. The fourth-order valence-electron chi connectivity index (χ4n) is 0.774. The van der Waals surface area contributed by atoms with E-state index in [2.05, 4.69) is 21.2 Å². The molecule has 13 heavy (non-hydrogen) atoms. The van der Waals surface area contributed by atoms with Crippen LogP contribution in [0.1, 0.15) is 4.88 Å². The van der Waals surface area contributed by atoms with E-state index < -0.39 is 12.7 Å². The number of hydrogen-bond acceptors (Lipinski definition) is 2. The van der Waals surface area contributed by atoms with Crippen LogP contribution in [-0.4, -0.2) is 12.7 Å². The molecule has 6 heteroatoms. The first-order valence-electron chi connectivity index (χ1n) is 3.49. The molecular formula is C7H7BrF3NS. The van der Waals surface area contributed by atoms with Gasteiger partial charge in [0.05, 0.1) is 10.3 Å². The highest BCUT2D eigenvalue weighted by atomic mass is 79.9. The van der Waals surface area contributed by atoms with E-state index in [9.17, 15) is 13.2 Å². The molecular weight excluding hydrogens is 267 g/mol. The standard InChI is InChI=1S/C7H7BrF3NS/c8-6-2-1-5(13-6)3-12-4-7(9,10)11/h1-2,12H,3-4H2. The van der Waals surface area contributed by atoms with Crippen molar-refractivity contribution in [1.82, 2.24) is 5.32 Å². The van der Waals surface area contributed by atoms with Crippen molar-refractivity contribution in [3.05, 3.63) is 20.8 Å². The summed E-state index contributed by atoms with van der Waals surface area (Å²) in [6.07, 6.45) is -4.13. The molecule has 1 aromatic rings. The first kappa shape index (κ1) is 11.0. The molecule has 0 aliphatic heterocycles. The van der Waals surface area contributed by atoms with E-state index in [1.807, 2.05) is 6.07 Å². The molecule has 0 fully saturated rings. The molecule has 74 valence electrons. The van der Waals surface area contributed by atoms with Gasteiger partial charge in [-0.1, -0.05) is 0 Å². The monoisotopic (exact) mass is 273 g/mol. The predicted octanol–water partition coefficient (Wildman–Crippen LogP) is 3.16. The average Bonchev–Trinajstić information content (AvgIpc) is 2.33. The summed E-state index contributed by atoms with van der Waals surface area (Å²) in [6, 6.07) is 3.60. The van der Waals surface area contributed by atoms with Gasteiger partial charge in [-0.05, 0) is 28.1 Å². The molecule has 0 aliphatic rings. The van der Waals surface area contributed by atoms with Gasteiger partial charge in [0.1, 0.15) is 0 Å². The third-order valence-corrected chi connectivity index (χ3v) is 2.88. The molecule has 0 saturated carbocycles. The lowest BCUT2D eigenvalue weighted by Gasteiger charge is -2.06. The van der Waals surface area contributed by atoms with E-state index in [0.717, 1.165) is 8.66 Å². The summed E-state index contributed by atoms with van der Waals surface area (Å²) in [5, 5.41) is 2.32. The Balaban J connectivity index is 2.28. The summed E-state index contributed by atoms with van der Waals surface area (Å²) in [7, 11) is 0. The molecule has 1 nitrogen and oxygen atoms in total. The largest absolute Gasteiger partial charge is 0.401 e. The Kier molecular flexibility index (Phi) is 3.75. The third kappa shape index (κ3) is 4.64. The molecule has 0 radical (unpaired) electrons. The van der Waals surface area contributed by atoms with Crippen molar-refractivity contribution in [1.29, 1.82) is 0 Å². The van der Waals surface area contributed by atoms with Crippen LogP contribution in [0, 0.1) is 0 Å². The minimum atomic E-state index is -4.13. The molecule has 1 N–H and O–H groups in total. The van der Waals surface area contributed by atoms with Crippen molar-refractivity contribution < 1.29 is 13.2 Å². The summed E-state index contributed by atoms with van der Waals surface area (Å²) >= 11 is 4.66. The van der Waals surface area contributed by atoms with Gasteiger partial charge in [0.15, 0.2) is 0 Å². The third-order valence-electron chi connectivity index (χ3n) is 1.25. The van der Waals surface area contributed by atoms with Crippen LogP contribution < -0.4 is 5.32 Å². The number of rotatable bonds is 3. The highest BCUT2D eigenvalue weighted by molar-refractivity contribution is 9.11. The van der Waals surface area contributed by atoms with Gasteiger partial charge in [0.2, 0.25) is 0 Å². The lowest BCUT2D eigenvalue weighted by molar-refractivity contribution is -0.125. The van der Waals surface area contributed by atoms with Crippen LogP contribution in [0.15, 0.2) is 15.9 Å². The normalized spacial score (nSPS) is 12.0. The summed E-state index contributed by atoms with van der Waals surface area (Å²) in [6.45, 7) is -0.682. The quantitative estimate of drug-likeness (QED) is 0.892. The van der Waals surface area contributed by atoms with Crippen molar-refractivity contribution in [2.45, 2.75) is 12.7 Å². The van der Waals surface area contributed by atoms with Gasteiger partial charge in [-0.25, -0.2) is 0 Å². The molecule has 0 atom stereocenters. The maximum absolute atomic E-state index is 11.7. The molecule has 1 rings (SSSR count). The Labute approximate surface area is 86.1 Å². The Bertz CT molecular complexity index is 271. The van der Waals surface area contributed by atoms with E-state index in [4.69, 9.17) is 0 Å². The first-order valence-corrected chi connectivity index (χ1v) is 5.10. The Morgan fingerprint density at radius 1 is 1.38 bits per heavy atom. The average molecular weight is 274 g/mol. The minimum Gasteiger partial charge on any atom is -0.304 e. The Hall–Kier alpha value is -0.0700. The molecule has 0 aliphatic carbocycles. The highest BCUT2D eigenvalue weighted by Gasteiger charge is 2.26. The molecule has 0 spiro atoms. The summed E-state index contributed by atoms with van der Waals surface area (Å²) < 4.78 is 36.0. The second kappa shape index (κ2) is 4.43. The van der Waals surface area contributed by atoms with E-state index >= 15 is 0 Å². The van der Waals surface area contributed by atoms with Gasteiger partial charge >= 0.3 is 6.18 Å². The van der Waals surface area contributed by atoms with E-state index in [-0.39, 0.29) is 6.54 Å². The van der Waals surface area contributed by atoms with Crippen LogP contribution in [-0.2, 0) is 6.54 Å². The molecule has 0 aromatic carbocycles. The second-order valence-electron chi connectivity index (χ2n) is 2.42. The van der Waals surface area contributed by atoms with Gasteiger partial charge in [0.25, 0.3) is 0 Å². The van der Waals surface area contributed by atoms with Crippen LogP contribution in [0.5, 0.6) is 0 Å². The van der Waals surface area contributed by atoms with Crippen LogP contribution in [0.4, 0.5) is 13.2 Å². The van der Waals surface area contributed by atoms with Gasteiger partial charge in [-0.2, -0.15) is 13.2 Å². The second-order valence-corrected chi connectivity index (χ2v) is 4.97. The molecule has 1 heterocycles. The van der Waals surface area contributed by atoms with Crippen molar-refractivity contribution >= 4 is 27.3 Å². The van der Waals surface area contributed by atoms with Gasteiger partial charge in [-0.3, -0.25) is 0 Å². The summed E-state index contributed by atoms with van der Waals surface area (Å²) in [5.41, 5.74) is 0. The molecule has 0 unspecified atom stereocenters. The zero-order valence-corrected chi connectivity index (χ0v) is 8.89. The van der Waals surface area contributed by atoms with Gasteiger partial charge in [-0.15, -0.1) is 11.3 Å². The Morgan fingerprint density at radius 3 is 2.54 bits per heavy atom. The van der Waals surface area contributed by atoms with E-state index in [0.29, 0.717) is 0 Å². The number of nitrogens with one attached hydrogen (secondary N) is 1. The van der Waals surface area contributed by atoms with Gasteiger partial charge in [0, 0.05) is 11.4 Å². The van der Waals surface area contributed by atoms with Crippen LogP contribution in [0.2, 0.25) is 0 Å². The van der Waals surface area contributed by atoms with Crippen LogP contribution >= 0.6 is 27.3 Å². The van der Waals surface area contributed by atoms with E-state index in [1.54, 1.807) is 6.07 Å². The van der Waals surface area contributed by atoms with Gasteiger partial charge < -0.3 is 5.32 Å². The smallest absolute Gasteiger partial charge is 0.304 e. The van der Waals surface area contributed by atoms with Crippen LogP contribution in [0.3, 0.4) is 0 Å². The lowest BCUT2D eigenvalue weighted by Crippen LogP contribution is -2.27.